The van der Waals surface area contributed by atoms with Crippen molar-refractivity contribution in [2.24, 2.45) is 5.92 Å². The maximum absolute atomic E-state index is 11.9. The highest BCUT2D eigenvalue weighted by Gasteiger charge is 2.12. The highest BCUT2D eigenvalue weighted by Crippen LogP contribution is 2.15. The van der Waals surface area contributed by atoms with Gasteiger partial charge in [0, 0.05) is 20.8 Å². The molecule has 0 heterocycles. The molecule has 1 aromatic rings. The van der Waals surface area contributed by atoms with E-state index in [1.807, 2.05) is 30.3 Å². The number of ketones is 1. The molecule has 0 fully saturated rings. The monoisotopic (exact) mass is 220 g/mol. The Labute approximate surface area is 94.1 Å². The molecule has 0 spiro atoms. The maximum atomic E-state index is 11.9. The second kappa shape index (κ2) is 5.86. The predicted octanol–water partition coefficient (Wildman–Crippen LogP) is 3.38. The first-order valence-corrected chi connectivity index (χ1v) is 8.80. The molecule has 0 bridgehead atoms. The highest BCUT2D eigenvalue weighted by molar-refractivity contribution is 6.55. The molecule has 0 saturated heterocycles. The van der Waals surface area contributed by atoms with Crippen molar-refractivity contribution in [2.45, 2.75) is 32.5 Å². The van der Waals surface area contributed by atoms with Gasteiger partial charge in [-0.1, -0.05) is 56.4 Å². The van der Waals surface area contributed by atoms with Gasteiger partial charge in [0.1, 0.15) is 0 Å². The molecule has 0 aromatic heterocycles. The zero-order chi connectivity index (χ0) is 11.3. The summed E-state index contributed by atoms with van der Waals surface area (Å²) in [7, 11) is -0.533. The average molecular weight is 220 g/mol. The van der Waals surface area contributed by atoms with Crippen molar-refractivity contribution in [1.82, 2.24) is 0 Å². The summed E-state index contributed by atoms with van der Waals surface area (Å²) in [6.45, 7) is 6.86. The van der Waals surface area contributed by atoms with Crippen molar-refractivity contribution in [1.29, 1.82) is 0 Å². The van der Waals surface area contributed by atoms with E-state index < -0.39 is 8.80 Å². The molecule has 0 aliphatic carbocycles. The van der Waals surface area contributed by atoms with E-state index in [2.05, 4.69) is 20.0 Å². The fourth-order valence-corrected chi connectivity index (χ4v) is 3.72. The number of hydrogen-bond donors (Lipinski definition) is 0. The van der Waals surface area contributed by atoms with Crippen molar-refractivity contribution < 1.29 is 4.79 Å². The van der Waals surface area contributed by atoms with E-state index in [1.165, 1.54) is 6.04 Å². The Morgan fingerprint density at radius 1 is 1.27 bits per heavy atom. The Morgan fingerprint density at radius 3 is 2.40 bits per heavy atom. The molecule has 0 N–H and O–H groups in total. The fraction of sp³-hybridized carbons (Fsp3) is 0.462. The van der Waals surface area contributed by atoms with E-state index in [-0.39, 0.29) is 5.78 Å². The normalized spacial score (nSPS) is 12.8. The molecule has 15 heavy (non-hydrogen) atoms. The molecule has 1 nitrogen and oxygen atoms in total. The maximum Gasteiger partial charge on any atom is 0.163 e. The molecule has 0 saturated carbocycles. The molecule has 0 aliphatic rings. The van der Waals surface area contributed by atoms with Gasteiger partial charge in [0.25, 0.3) is 0 Å². The minimum atomic E-state index is -0.533. The van der Waals surface area contributed by atoms with Gasteiger partial charge in [0.2, 0.25) is 0 Å². The van der Waals surface area contributed by atoms with Crippen LogP contribution in [-0.4, -0.2) is 14.6 Å². The first kappa shape index (κ1) is 12.2. The summed E-state index contributed by atoms with van der Waals surface area (Å²) in [5.41, 5.74) is 0.856. The molecular formula is C13H20OSi. The van der Waals surface area contributed by atoms with Crippen LogP contribution in [0, 0.1) is 5.92 Å². The number of carbonyl (C=O) groups is 1. The van der Waals surface area contributed by atoms with Crippen LogP contribution in [0.5, 0.6) is 0 Å². The van der Waals surface area contributed by atoms with E-state index in [1.54, 1.807) is 0 Å². The predicted molar refractivity (Wildman–Crippen MR) is 68.2 cm³/mol. The van der Waals surface area contributed by atoms with Crippen LogP contribution in [0.25, 0.3) is 0 Å². The van der Waals surface area contributed by atoms with Gasteiger partial charge in [-0.15, -0.1) is 0 Å². The van der Waals surface area contributed by atoms with Crippen LogP contribution in [-0.2, 0) is 0 Å². The van der Waals surface area contributed by atoms with Crippen LogP contribution < -0.4 is 0 Å². The zero-order valence-corrected chi connectivity index (χ0v) is 11.0. The quantitative estimate of drug-likeness (QED) is 0.549. The first-order valence-electron chi connectivity index (χ1n) is 5.68. The molecule has 0 amide bonds. The molecule has 82 valence electrons. The van der Waals surface area contributed by atoms with Crippen molar-refractivity contribution in [2.75, 3.05) is 0 Å². The Bertz CT molecular complexity index is 306. The van der Waals surface area contributed by atoms with Gasteiger partial charge in [-0.2, -0.15) is 0 Å². The van der Waals surface area contributed by atoms with Gasteiger partial charge in [-0.3, -0.25) is 4.79 Å². The number of hydrogen-bond acceptors (Lipinski definition) is 1. The number of Topliss-reactive ketones (excluding diaryl/α,β-unsaturated/α-hetero) is 1. The summed E-state index contributed by atoms with van der Waals surface area (Å²) >= 11 is 0. The van der Waals surface area contributed by atoms with Gasteiger partial charge in [0.05, 0.1) is 0 Å². The van der Waals surface area contributed by atoms with E-state index in [9.17, 15) is 4.79 Å². The standard InChI is InChI=1S/C13H20OSi/c1-11(10-15(2)3)9-13(14)12-7-5-4-6-8-12/h4-8,11,15H,9-10H2,1-3H3. The lowest BCUT2D eigenvalue weighted by molar-refractivity contribution is 0.0967. The summed E-state index contributed by atoms with van der Waals surface area (Å²) in [4.78, 5) is 11.9. The third-order valence-electron chi connectivity index (χ3n) is 2.50. The Morgan fingerprint density at radius 2 is 1.87 bits per heavy atom. The SMILES string of the molecule is CC(CC(=O)c1ccccc1)C[SiH](C)C. The lowest BCUT2D eigenvalue weighted by Gasteiger charge is -2.11. The molecule has 1 atom stereocenters. The van der Waals surface area contributed by atoms with Gasteiger partial charge < -0.3 is 0 Å². The molecule has 0 aliphatic heterocycles. The molecule has 1 rings (SSSR count). The third-order valence-corrected chi connectivity index (χ3v) is 4.25. The minimum absolute atomic E-state index is 0.290. The lowest BCUT2D eigenvalue weighted by Crippen LogP contribution is -2.11. The van der Waals surface area contributed by atoms with Crippen molar-refractivity contribution >= 4 is 14.6 Å². The second-order valence-corrected chi connectivity index (χ2v) is 7.99. The number of benzene rings is 1. The lowest BCUT2D eigenvalue weighted by atomic mass is 10.0. The van der Waals surface area contributed by atoms with Crippen molar-refractivity contribution in [3.05, 3.63) is 35.9 Å². The van der Waals surface area contributed by atoms with Crippen LogP contribution >= 0.6 is 0 Å². The van der Waals surface area contributed by atoms with Crippen LogP contribution in [0.2, 0.25) is 19.1 Å². The van der Waals surface area contributed by atoms with Crippen LogP contribution in [0.15, 0.2) is 30.3 Å². The number of carbonyl (C=O) groups excluding carboxylic acids is 1. The molecule has 1 aromatic carbocycles. The summed E-state index contributed by atoms with van der Waals surface area (Å²) in [5, 5.41) is 0. The van der Waals surface area contributed by atoms with Gasteiger partial charge in [-0.05, 0) is 5.92 Å². The summed E-state index contributed by atoms with van der Waals surface area (Å²) in [6.07, 6.45) is 0.704. The molecule has 0 radical (unpaired) electrons. The van der Waals surface area contributed by atoms with Crippen molar-refractivity contribution in [3.8, 4) is 0 Å². The third kappa shape index (κ3) is 4.43. The smallest absolute Gasteiger partial charge is 0.163 e. The van der Waals surface area contributed by atoms with E-state index in [0.29, 0.717) is 12.3 Å². The minimum Gasteiger partial charge on any atom is -0.294 e. The van der Waals surface area contributed by atoms with Gasteiger partial charge >= 0.3 is 0 Å². The largest absolute Gasteiger partial charge is 0.294 e. The van der Waals surface area contributed by atoms with Crippen LogP contribution in [0.3, 0.4) is 0 Å². The number of rotatable bonds is 5. The Hall–Kier alpha value is -0.893. The Balaban J connectivity index is 2.49. The van der Waals surface area contributed by atoms with E-state index >= 15 is 0 Å². The van der Waals surface area contributed by atoms with Gasteiger partial charge in [0.15, 0.2) is 5.78 Å². The van der Waals surface area contributed by atoms with E-state index in [0.717, 1.165) is 5.56 Å². The summed E-state index contributed by atoms with van der Waals surface area (Å²) in [6, 6.07) is 10.9. The summed E-state index contributed by atoms with van der Waals surface area (Å²) < 4.78 is 0. The summed E-state index contributed by atoms with van der Waals surface area (Å²) in [5.74, 6) is 0.835. The fourth-order valence-electron chi connectivity index (χ4n) is 1.95. The van der Waals surface area contributed by atoms with E-state index in [4.69, 9.17) is 0 Å². The second-order valence-electron chi connectivity index (χ2n) is 4.73. The highest BCUT2D eigenvalue weighted by atomic mass is 28.3. The van der Waals surface area contributed by atoms with Crippen LogP contribution in [0.1, 0.15) is 23.7 Å². The molecular weight excluding hydrogens is 200 g/mol. The topological polar surface area (TPSA) is 17.1 Å². The first-order chi connectivity index (χ1) is 7.09. The van der Waals surface area contributed by atoms with Crippen LogP contribution in [0.4, 0.5) is 0 Å². The Kier molecular flexibility index (Phi) is 4.76. The molecule has 1 unspecified atom stereocenters. The zero-order valence-electron chi connectivity index (χ0n) is 9.86. The molecule has 2 heteroatoms. The average Bonchev–Trinajstić information content (AvgIpc) is 2.17. The van der Waals surface area contributed by atoms with Crippen molar-refractivity contribution in [3.63, 3.8) is 0 Å². The van der Waals surface area contributed by atoms with Gasteiger partial charge in [-0.25, -0.2) is 0 Å².